The van der Waals surface area contributed by atoms with Crippen molar-refractivity contribution in [3.05, 3.63) is 53.4 Å². The molecular formula is C13H12F3N3O. The highest BCUT2D eigenvalue weighted by Crippen LogP contribution is 2.17. The summed E-state index contributed by atoms with van der Waals surface area (Å²) in [6.45, 7) is 1.80. The Labute approximate surface area is 113 Å². The first-order valence-corrected chi connectivity index (χ1v) is 5.98. The molecule has 0 radical (unpaired) electrons. The predicted octanol–water partition coefficient (Wildman–Crippen LogP) is 2.71. The van der Waals surface area contributed by atoms with Crippen molar-refractivity contribution < 1.29 is 18.0 Å². The number of hydrogen-bond acceptors (Lipinski definition) is 2. The second-order valence-corrected chi connectivity index (χ2v) is 4.13. The average molecular weight is 283 g/mol. The van der Waals surface area contributed by atoms with E-state index in [9.17, 15) is 18.0 Å². The number of carbonyl (C=O) groups excluding carboxylic acids is 1. The van der Waals surface area contributed by atoms with Crippen LogP contribution in [0.25, 0.3) is 0 Å². The summed E-state index contributed by atoms with van der Waals surface area (Å²) in [6, 6.07) is 1.14. The second-order valence-electron chi connectivity index (χ2n) is 4.13. The summed E-state index contributed by atoms with van der Waals surface area (Å²) in [5.74, 6) is -4.83. The van der Waals surface area contributed by atoms with Crippen molar-refractivity contribution in [2.75, 3.05) is 0 Å². The minimum Gasteiger partial charge on any atom is -0.347 e. The van der Waals surface area contributed by atoms with Gasteiger partial charge in [-0.2, -0.15) is 0 Å². The van der Waals surface area contributed by atoms with E-state index < -0.39 is 35.0 Å². The quantitative estimate of drug-likeness (QED) is 0.848. The molecule has 7 heteroatoms. The summed E-state index contributed by atoms with van der Waals surface area (Å²) in [5.41, 5.74) is -0.547. The molecule has 0 saturated heterocycles. The molecule has 0 aliphatic rings. The maximum Gasteiger partial charge on any atom is 0.254 e. The van der Waals surface area contributed by atoms with Gasteiger partial charge in [-0.1, -0.05) is 6.92 Å². The van der Waals surface area contributed by atoms with E-state index in [2.05, 4.69) is 15.3 Å². The van der Waals surface area contributed by atoms with Crippen LogP contribution in [0.5, 0.6) is 0 Å². The normalized spacial score (nSPS) is 12.2. The number of nitrogens with one attached hydrogen (secondary N) is 2. The number of nitrogens with zero attached hydrogens (tertiary/aromatic N) is 1. The topological polar surface area (TPSA) is 57.8 Å². The number of rotatable bonds is 4. The molecule has 2 rings (SSSR count). The van der Waals surface area contributed by atoms with Gasteiger partial charge in [0.25, 0.3) is 5.91 Å². The van der Waals surface area contributed by atoms with Crippen LogP contribution in [0, 0.1) is 17.5 Å². The van der Waals surface area contributed by atoms with Gasteiger partial charge in [0, 0.05) is 12.4 Å². The monoisotopic (exact) mass is 283 g/mol. The second kappa shape index (κ2) is 5.77. The van der Waals surface area contributed by atoms with Crippen molar-refractivity contribution >= 4 is 5.91 Å². The van der Waals surface area contributed by atoms with Gasteiger partial charge in [-0.25, -0.2) is 18.2 Å². The standard InChI is InChI=1S/C13H12F3N3O/c1-2-9(12-17-5-6-18-12)19-13(20)7-3-4-8(14)11(16)10(7)15/h3-6,9H,2H2,1H3,(H,17,18)(H,19,20). The zero-order valence-electron chi connectivity index (χ0n) is 10.6. The van der Waals surface area contributed by atoms with Gasteiger partial charge in [0.2, 0.25) is 0 Å². The van der Waals surface area contributed by atoms with E-state index in [0.29, 0.717) is 18.3 Å². The number of aromatic nitrogens is 2. The molecule has 106 valence electrons. The predicted molar refractivity (Wildman–Crippen MR) is 65.4 cm³/mol. The zero-order valence-corrected chi connectivity index (χ0v) is 10.6. The molecule has 1 atom stereocenters. The largest absolute Gasteiger partial charge is 0.347 e. The van der Waals surface area contributed by atoms with E-state index in [4.69, 9.17) is 0 Å². The van der Waals surface area contributed by atoms with Crippen molar-refractivity contribution in [1.29, 1.82) is 0 Å². The fourth-order valence-corrected chi connectivity index (χ4v) is 1.77. The Bertz CT molecular complexity index is 614. The Hall–Kier alpha value is -2.31. The van der Waals surface area contributed by atoms with E-state index in [-0.39, 0.29) is 0 Å². The lowest BCUT2D eigenvalue weighted by molar-refractivity contribution is 0.0928. The molecule has 1 aromatic heterocycles. The number of halogens is 3. The Morgan fingerprint density at radius 1 is 1.35 bits per heavy atom. The third kappa shape index (κ3) is 2.66. The molecule has 0 bridgehead atoms. The van der Waals surface area contributed by atoms with Gasteiger partial charge in [-0.3, -0.25) is 4.79 Å². The van der Waals surface area contributed by atoms with Crippen LogP contribution < -0.4 is 5.32 Å². The summed E-state index contributed by atoms with van der Waals surface area (Å²) in [6.07, 6.45) is 3.61. The third-order valence-electron chi connectivity index (χ3n) is 2.84. The highest BCUT2D eigenvalue weighted by atomic mass is 19.2. The first-order chi connectivity index (χ1) is 9.54. The first-order valence-electron chi connectivity index (χ1n) is 5.98. The molecule has 0 saturated carbocycles. The zero-order chi connectivity index (χ0) is 14.7. The molecule has 0 fully saturated rings. The number of H-pyrrole nitrogens is 1. The van der Waals surface area contributed by atoms with E-state index in [1.54, 1.807) is 13.1 Å². The third-order valence-corrected chi connectivity index (χ3v) is 2.84. The smallest absolute Gasteiger partial charge is 0.254 e. The number of carbonyl (C=O) groups is 1. The van der Waals surface area contributed by atoms with E-state index in [0.717, 1.165) is 6.07 Å². The van der Waals surface area contributed by atoms with Gasteiger partial charge < -0.3 is 10.3 Å². The minimum absolute atomic E-state index is 0.468. The number of hydrogen-bond donors (Lipinski definition) is 2. The fourth-order valence-electron chi connectivity index (χ4n) is 1.77. The van der Waals surface area contributed by atoms with Crippen molar-refractivity contribution in [1.82, 2.24) is 15.3 Å². The molecule has 20 heavy (non-hydrogen) atoms. The summed E-state index contributed by atoms with van der Waals surface area (Å²) in [5, 5.41) is 2.51. The maximum absolute atomic E-state index is 13.5. The Morgan fingerprint density at radius 3 is 2.70 bits per heavy atom. The van der Waals surface area contributed by atoms with Crippen LogP contribution in [-0.2, 0) is 0 Å². The molecule has 2 aromatic rings. The average Bonchev–Trinajstić information content (AvgIpc) is 2.96. The highest BCUT2D eigenvalue weighted by molar-refractivity contribution is 5.94. The fraction of sp³-hybridized carbons (Fsp3) is 0.231. The van der Waals surface area contributed by atoms with E-state index >= 15 is 0 Å². The minimum atomic E-state index is -1.66. The van der Waals surface area contributed by atoms with Crippen LogP contribution in [0.2, 0.25) is 0 Å². The maximum atomic E-state index is 13.5. The van der Waals surface area contributed by atoms with Crippen LogP contribution in [0.1, 0.15) is 35.6 Å². The number of amides is 1. The summed E-state index contributed by atoms with van der Waals surface area (Å²) >= 11 is 0. The summed E-state index contributed by atoms with van der Waals surface area (Å²) in [7, 11) is 0. The van der Waals surface area contributed by atoms with Gasteiger partial charge in [0.1, 0.15) is 5.82 Å². The Morgan fingerprint density at radius 2 is 2.10 bits per heavy atom. The first kappa shape index (κ1) is 14.1. The number of aromatic amines is 1. The highest BCUT2D eigenvalue weighted by Gasteiger charge is 2.21. The Kier molecular flexibility index (Phi) is 4.07. The summed E-state index contributed by atoms with van der Waals surface area (Å²) < 4.78 is 39.4. The Balaban J connectivity index is 2.22. The van der Waals surface area contributed by atoms with E-state index in [1.807, 2.05) is 0 Å². The number of imidazole rings is 1. The van der Waals surface area contributed by atoms with Crippen molar-refractivity contribution in [3.63, 3.8) is 0 Å². The van der Waals surface area contributed by atoms with Gasteiger partial charge in [-0.05, 0) is 18.6 Å². The van der Waals surface area contributed by atoms with Crippen LogP contribution in [0.3, 0.4) is 0 Å². The van der Waals surface area contributed by atoms with Crippen LogP contribution in [-0.4, -0.2) is 15.9 Å². The molecule has 4 nitrogen and oxygen atoms in total. The van der Waals surface area contributed by atoms with Gasteiger partial charge >= 0.3 is 0 Å². The lowest BCUT2D eigenvalue weighted by Crippen LogP contribution is -2.29. The molecular weight excluding hydrogens is 271 g/mol. The van der Waals surface area contributed by atoms with Crippen LogP contribution >= 0.6 is 0 Å². The lowest BCUT2D eigenvalue weighted by Gasteiger charge is -2.15. The van der Waals surface area contributed by atoms with E-state index in [1.165, 1.54) is 6.20 Å². The van der Waals surface area contributed by atoms with Crippen LogP contribution in [0.4, 0.5) is 13.2 Å². The van der Waals surface area contributed by atoms with Crippen molar-refractivity contribution in [3.8, 4) is 0 Å². The summed E-state index contributed by atoms with van der Waals surface area (Å²) in [4.78, 5) is 18.7. The molecule has 0 aliphatic carbocycles. The molecule has 0 spiro atoms. The van der Waals surface area contributed by atoms with Crippen molar-refractivity contribution in [2.24, 2.45) is 0 Å². The van der Waals surface area contributed by atoms with Gasteiger partial charge in [-0.15, -0.1) is 0 Å². The lowest BCUT2D eigenvalue weighted by atomic mass is 10.1. The SMILES string of the molecule is CCC(NC(=O)c1ccc(F)c(F)c1F)c1ncc[nH]1. The molecule has 0 aliphatic heterocycles. The van der Waals surface area contributed by atoms with Crippen molar-refractivity contribution in [2.45, 2.75) is 19.4 Å². The molecule has 2 N–H and O–H groups in total. The van der Waals surface area contributed by atoms with Gasteiger partial charge in [0.15, 0.2) is 17.5 Å². The number of benzene rings is 1. The molecule has 1 aromatic carbocycles. The molecule has 1 amide bonds. The molecule has 1 unspecified atom stereocenters. The van der Waals surface area contributed by atoms with Gasteiger partial charge in [0.05, 0.1) is 11.6 Å². The van der Waals surface area contributed by atoms with Crippen LogP contribution in [0.15, 0.2) is 24.5 Å². The molecule has 1 heterocycles.